The Morgan fingerprint density at radius 2 is 1.87 bits per heavy atom. The molecule has 0 fully saturated rings. The van der Waals surface area contributed by atoms with Crippen molar-refractivity contribution in [3.05, 3.63) is 0 Å². The van der Waals surface area contributed by atoms with Gasteiger partial charge in [-0.25, -0.2) is 4.79 Å². The number of carbonyl (C=O) groups excluding carboxylic acids is 1. The smallest absolute Gasteiger partial charge is 0.409 e. The Labute approximate surface area is 93.2 Å². The summed E-state index contributed by atoms with van der Waals surface area (Å²) in [4.78, 5) is 15.2. The van der Waals surface area contributed by atoms with Crippen LogP contribution in [0, 0.1) is 0 Å². The van der Waals surface area contributed by atoms with Gasteiger partial charge in [0.25, 0.3) is 0 Å². The van der Waals surface area contributed by atoms with E-state index in [1.165, 1.54) is 0 Å². The topological polar surface area (TPSA) is 32.8 Å². The number of nitrogens with zero attached hydrogens (tertiary/aromatic N) is 2. The van der Waals surface area contributed by atoms with E-state index in [1.54, 1.807) is 11.9 Å². The van der Waals surface area contributed by atoms with Crippen LogP contribution in [0.1, 0.15) is 27.2 Å². The third kappa shape index (κ3) is 7.19. The number of hydrogen-bond donors (Lipinski definition) is 0. The highest BCUT2D eigenvalue weighted by Crippen LogP contribution is 1.97. The first-order valence-electron chi connectivity index (χ1n) is 5.57. The fourth-order valence-corrected chi connectivity index (χ4v) is 1.12. The average molecular weight is 216 g/mol. The third-order valence-electron chi connectivity index (χ3n) is 2.22. The van der Waals surface area contributed by atoms with Gasteiger partial charge in [0, 0.05) is 13.6 Å². The largest absolute Gasteiger partial charge is 0.447 e. The SMILES string of the molecule is CCN(C)CCCN(C)C(=O)OC(C)C. The second-order valence-corrected chi connectivity index (χ2v) is 4.10. The van der Waals surface area contributed by atoms with E-state index < -0.39 is 0 Å². The lowest BCUT2D eigenvalue weighted by Crippen LogP contribution is -2.32. The average Bonchev–Trinajstić information content (AvgIpc) is 2.16. The molecule has 0 aliphatic carbocycles. The van der Waals surface area contributed by atoms with Gasteiger partial charge in [-0.05, 0) is 40.4 Å². The standard InChI is InChI=1S/C11H24N2O2/c1-6-12(4)8-7-9-13(5)11(14)15-10(2)3/h10H,6-9H2,1-5H3. The van der Waals surface area contributed by atoms with Gasteiger partial charge in [0.15, 0.2) is 0 Å². The Hall–Kier alpha value is -0.770. The van der Waals surface area contributed by atoms with Crippen molar-refractivity contribution in [2.75, 3.05) is 33.7 Å². The second-order valence-electron chi connectivity index (χ2n) is 4.10. The number of ether oxygens (including phenoxy) is 1. The maximum Gasteiger partial charge on any atom is 0.409 e. The Kier molecular flexibility index (Phi) is 7.13. The monoisotopic (exact) mass is 216 g/mol. The predicted octanol–water partition coefficient (Wildman–Crippen LogP) is 1.80. The molecule has 0 heterocycles. The van der Waals surface area contributed by atoms with Crippen molar-refractivity contribution in [1.29, 1.82) is 0 Å². The van der Waals surface area contributed by atoms with E-state index >= 15 is 0 Å². The molecular weight excluding hydrogens is 192 g/mol. The lowest BCUT2D eigenvalue weighted by molar-refractivity contribution is 0.0831. The van der Waals surface area contributed by atoms with Crippen molar-refractivity contribution in [2.45, 2.75) is 33.3 Å². The Bertz CT molecular complexity index is 183. The molecule has 0 unspecified atom stereocenters. The zero-order valence-corrected chi connectivity index (χ0v) is 10.6. The van der Waals surface area contributed by atoms with E-state index in [1.807, 2.05) is 13.8 Å². The molecule has 0 radical (unpaired) electrons. The highest BCUT2D eigenvalue weighted by Gasteiger charge is 2.10. The molecule has 0 N–H and O–H groups in total. The molecule has 0 atom stereocenters. The number of hydrogen-bond acceptors (Lipinski definition) is 3. The molecule has 0 spiro atoms. The van der Waals surface area contributed by atoms with Crippen molar-refractivity contribution < 1.29 is 9.53 Å². The lowest BCUT2D eigenvalue weighted by atomic mass is 10.4. The van der Waals surface area contributed by atoms with Gasteiger partial charge in [-0.15, -0.1) is 0 Å². The van der Waals surface area contributed by atoms with E-state index in [0.717, 1.165) is 26.1 Å². The second kappa shape index (κ2) is 7.51. The molecule has 4 nitrogen and oxygen atoms in total. The van der Waals surface area contributed by atoms with Gasteiger partial charge >= 0.3 is 6.09 Å². The van der Waals surface area contributed by atoms with Gasteiger partial charge in [0.1, 0.15) is 0 Å². The van der Waals surface area contributed by atoms with E-state index in [2.05, 4.69) is 18.9 Å². The first-order valence-corrected chi connectivity index (χ1v) is 5.57. The summed E-state index contributed by atoms with van der Waals surface area (Å²) in [5.74, 6) is 0. The summed E-state index contributed by atoms with van der Waals surface area (Å²) in [6.45, 7) is 8.63. The zero-order valence-electron chi connectivity index (χ0n) is 10.6. The summed E-state index contributed by atoms with van der Waals surface area (Å²) in [6, 6.07) is 0. The van der Waals surface area contributed by atoms with Crippen molar-refractivity contribution in [1.82, 2.24) is 9.80 Å². The van der Waals surface area contributed by atoms with Crippen LogP contribution < -0.4 is 0 Å². The lowest BCUT2D eigenvalue weighted by Gasteiger charge is -2.20. The van der Waals surface area contributed by atoms with Gasteiger partial charge in [-0.1, -0.05) is 6.92 Å². The molecule has 0 aromatic heterocycles. The fraction of sp³-hybridized carbons (Fsp3) is 0.909. The third-order valence-corrected chi connectivity index (χ3v) is 2.22. The first-order chi connectivity index (χ1) is 6.97. The van der Waals surface area contributed by atoms with Crippen molar-refractivity contribution in [2.24, 2.45) is 0 Å². The molecular formula is C11H24N2O2. The zero-order chi connectivity index (χ0) is 11.8. The van der Waals surface area contributed by atoms with Crippen LogP contribution >= 0.6 is 0 Å². The molecule has 0 aliphatic heterocycles. The summed E-state index contributed by atoms with van der Waals surface area (Å²) in [5.41, 5.74) is 0. The molecule has 0 bridgehead atoms. The van der Waals surface area contributed by atoms with E-state index in [9.17, 15) is 4.79 Å². The van der Waals surface area contributed by atoms with Crippen molar-refractivity contribution >= 4 is 6.09 Å². The molecule has 0 rings (SSSR count). The summed E-state index contributed by atoms with van der Waals surface area (Å²) >= 11 is 0. The summed E-state index contributed by atoms with van der Waals surface area (Å²) in [7, 11) is 3.85. The van der Waals surface area contributed by atoms with Crippen LogP contribution in [0.5, 0.6) is 0 Å². The molecule has 1 amide bonds. The number of rotatable bonds is 6. The molecule has 0 aromatic carbocycles. The minimum absolute atomic E-state index is 0.0433. The van der Waals surface area contributed by atoms with Crippen LogP contribution in [0.15, 0.2) is 0 Å². The molecule has 90 valence electrons. The van der Waals surface area contributed by atoms with E-state index in [0.29, 0.717) is 0 Å². The Balaban J connectivity index is 3.64. The molecule has 0 aliphatic rings. The van der Waals surface area contributed by atoms with Crippen LogP contribution in [0.4, 0.5) is 4.79 Å². The summed E-state index contributed by atoms with van der Waals surface area (Å²) in [5, 5.41) is 0. The highest BCUT2D eigenvalue weighted by molar-refractivity contribution is 5.67. The first kappa shape index (κ1) is 14.2. The van der Waals surface area contributed by atoms with Gasteiger partial charge in [-0.2, -0.15) is 0 Å². The van der Waals surface area contributed by atoms with Crippen LogP contribution in [-0.2, 0) is 4.74 Å². The van der Waals surface area contributed by atoms with Crippen LogP contribution in [0.25, 0.3) is 0 Å². The van der Waals surface area contributed by atoms with Crippen LogP contribution in [0.2, 0.25) is 0 Å². The molecule has 4 heteroatoms. The fourth-order valence-electron chi connectivity index (χ4n) is 1.12. The Morgan fingerprint density at radius 3 is 2.33 bits per heavy atom. The number of carbonyl (C=O) groups is 1. The molecule has 15 heavy (non-hydrogen) atoms. The van der Waals surface area contributed by atoms with Gasteiger partial charge in [0.05, 0.1) is 6.10 Å². The Morgan fingerprint density at radius 1 is 1.27 bits per heavy atom. The maximum absolute atomic E-state index is 11.4. The van der Waals surface area contributed by atoms with Crippen LogP contribution in [-0.4, -0.2) is 55.7 Å². The number of amides is 1. The summed E-state index contributed by atoms with van der Waals surface area (Å²) in [6.07, 6.45) is 0.705. The summed E-state index contributed by atoms with van der Waals surface area (Å²) < 4.78 is 5.07. The predicted molar refractivity (Wildman–Crippen MR) is 62.0 cm³/mol. The van der Waals surface area contributed by atoms with Gasteiger partial charge < -0.3 is 14.5 Å². The molecule has 0 saturated carbocycles. The quantitative estimate of drug-likeness (QED) is 0.679. The van der Waals surface area contributed by atoms with Crippen molar-refractivity contribution in [3.8, 4) is 0 Å². The molecule has 0 saturated heterocycles. The minimum atomic E-state index is -0.232. The van der Waals surface area contributed by atoms with E-state index in [4.69, 9.17) is 4.74 Å². The maximum atomic E-state index is 11.4. The highest BCUT2D eigenvalue weighted by atomic mass is 16.6. The van der Waals surface area contributed by atoms with Crippen molar-refractivity contribution in [3.63, 3.8) is 0 Å². The minimum Gasteiger partial charge on any atom is -0.447 e. The van der Waals surface area contributed by atoms with E-state index in [-0.39, 0.29) is 12.2 Å². The van der Waals surface area contributed by atoms with Gasteiger partial charge in [-0.3, -0.25) is 0 Å². The van der Waals surface area contributed by atoms with Crippen LogP contribution in [0.3, 0.4) is 0 Å². The molecule has 0 aromatic rings. The normalized spacial score (nSPS) is 10.9. The van der Waals surface area contributed by atoms with Gasteiger partial charge in [0.2, 0.25) is 0 Å².